The molecule has 21 heavy (non-hydrogen) atoms. The van der Waals surface area contributed by atoms with E-state index in [0.29, 0.717) is 26.1 Å². The van der Waals surface area contributed by atoms with Gasteiger partial charge in [0.25, 0.3) is 0 Å². The van der Waals surface area contributed by atoms with E-state index in [4.69, 9.17) is 5.73 Å². The highest BCUT2D eigenvalue weighted by molar-refractivity contribution is 5.78. The Morgan fingerprint density at radius 2 is 2.05 bits per heavy atom. The van der Waals surface area contributed by atoms with Crippen molar-refractivity contribution in [1.82, 2.24) is 9.80 Å². The molecular weight excluding hydrogens is 266 g/mol. The summed E-state index contributed by atoms with van der Waals surface area (Å²) in [6.07, 6.45) is 1.66. The van der Waals surface area contributed by atoms with Gasteiger partial charge >= 0.3 is 0 Å². The second kappa shape index (κ2) is 5.75. The van der Waals surface area contributed by atoms with Crippen molar-refractivity contribution in [3.05, 3.63) is 35.4 Å². The standard InChI is InChI=1S/C16H23N3O2/c17-9-15(20)19-8-6-16(21,12-19)11-18-7-5-13-3-1-2-4-14(13)10-18/h1-4,21H,5-12,17H2. The molecule has 2 heterocycles. The smallest absolute Gasteiger partial charge is 0.236 e. The maximum absolute atomic E-state index is 11.6. The average molecular weight is 289 g/mol. The lowest BCUT2D eigenvalue weighted by Crippen LogP contribution is -2.47. The molecule has 0 saturated carbocycles. The summed E-state index contributed by atoms with van der Waals surface area (Å²) in [6, 6.07) is 8.48. The zero-order valence-electron chi connectivity index (χ0n) is 12.3. The minimum Gasteiger partial charge on any atom is -0.387 e. The Morgan fingerprint density at radius 3 is 2.81 bits per heavy atom. The first-order valence-electron chi connectivity index (χ1n) is 7.59. The summed E-state index contributed by atoms with van der Waals surface area (Å²) in [6.45, 7) is 3.49. The Morgan fingerprint density at radius 1 is 1.29 bits per heavy atom. The molecule has 5 heteroatoms. The fourth-order valence-electron chi connectivity index (χ4n) is 3.43. The molecule has 1 aromatic rings. The zero-order valence-corrected chi connectivity index (χ0v) is 12.3. The molecule has 0 aromatic heterocycles. The monoisotopic (exact) mass is 289 g/mol. The van der Waals surface area contributed by atoms with Gasteiger partial charge in [-0.3, -0.25) is 9.69 Å². The van der Waals surface area contributed by atoms with Crippen molar-refractivity contribution in [3.63, 3.8) is 0 Å². The molecule has 0 radical (unpaired) electrons. The predicted octanol–water partition coefficient (Wildman–Crippen LogP) is -0.0332. The summed E-state index contributed by atoms with van der Waals surface area (Å²) in [5.74, 6) is -0.0742. The van der Waals surface area contributed by atoms with E-state index in [2.05, 4.69) is 29.2 Å². The van der Waals surface area contributed by atoms with Crippen LogP contribution in [0.3, 0.4) is 0 Å². The number of hydrogen-bond donors (Lipinski definition) is 2. The molecular formula is C16H23N3O2. The molecule has 1 saturated heterocycles. The van der Waals surface area contributed by atoms with E-state index >= 15 is 0 Å². The van der Waals surface area contributed by atoms with Crippen LogP contribution in [0.4, 0.5) is 0 Å². The molecule has 114 valence electrons. The Labute approximate surface area is 125 Å². The fourth-order valence-corrected chi connectivity index (χ4v) is 3.43. The third kappa shape index (κ3) is 3.10. The summed E-state index contributed by atoms with van der Waals surface area (Å²) >= 11 is 0. The number of hydrogen-bond acceptors (Lipinski definition) is 4. The van der Waals surface area contributed by atoms with Crippen LogP contribution in [0.1, 0.15) is 17.5 Å². The van der Waals surface area contributed by atoms with Crippen molar-refractivity contribution in [2.45, 2.75) is 25.0 Å². The molecule has 0 bridgehead atoms. The van der Waals surface area contributed by atoms with Gasteiger partial charge in [0.1, 0.15) is 0 Å². The highest BCUT2D eigenvalue weighted by Crippen LogP contribution is 2.26. The number of nitrogens with two attached hydrogens (primary N) is 1. The van der Waals surface area contributed by atoms with Gasteiger partial charge in [0.15, 0.2) is 0 Å². The maximum Gasteiger partial charge on any atom is 0.236 e. The van der Waals surface area contributed by atoms with E-state index in [0.717, 1.165) is 19.5 Å². The Kier molecular flexibility index (Phi) is 3.97. The Hall–Kier alpha value is -1.43. The van der Waals surface area contributed by atoms with E-state index in [1.54, 1.807) is 4.90 Å². The Bertz CT molecular complexity index is 534. The van der Waals surface area contributed by atoms with Crippen LogP contribution in [0.25, 0.3) is 0 Å². The third-order valence-electron chi connectivity index (χ3n) is 4.59. The first kappa shape index (κ1) is 14.5. The summed E-state index contributed by atoms with van der Waals surface area (Å²) < 4.78 is 0. The van der Waals surface area contributed by atoms with Crippen LogP contribution in [0.2, 0.25) is 0 Å². The SMILES string of the molecule is NCC(=O)N1CCC(O)(CN2CCc3ccccc3C2)C1. The largest absolute Gasteiger partial charge is 0.387 e. The van der Waals surface area contributed by atoms with E-state index in [9.17, 15) is 9.90 Å². The van der Waals surface area contributed by atoms with Gasteiger partial charge in [-0.2, -0.15) is 0 Å². The van der Waals surface area contributed by atoms with Crippen molar-refractivity contribution in [3.8, 4) is 0 Å². The van der Waals surface area contributed by atoms with Gasteiger partial charge < -0.3 is 15.7 Å². The van der Waals surface area contributed by atoms with E-state index in [1.165, 1.54) is 11.1 Å². The molecule has 1 fully saturated rings. The van der Waals surface area contributed by atoms with Crippen LogP contribution in [-0.2, 0) is 17.8 Å². The number of carbonyl (C=O) groups is 1. The van der Waals surface area contributed by atoms with Crippen LogP contribution in [0.15, 0.2) is 24.3 Å². The molecule has 1 unspecified atom stereocenters. The van der Waals surface area contributed by atoms with E-state index in [-0.39, 0.29) is 12.5 Å². The number of fused-ring (bicyclic) bond motifs is 1. The molecule has 0 aliphatic carbocycles. The molecule has 1 aromatic carbocycles. The summed E-state index contributed by atoms with van der Waals surface area (Å²) in [7, 11) is 0. The molecule has 2 aliphatic rings. The molecule has 3 rings (SSSR count). The number of nitrogens with zero attached hydrogens (tertiary/aromatic N) is 2. The predicted molar refractivity (Wildman–Crippen MR) is 80.6 cm³/mol. The highest BCUT2D eigenvalue weighted by Gasteiger charge is 2.39. The quantitative estimate of drug-likeness (QED) is 0.820. The first-order chi connectivity index (χ1) is 10.1. The second-order valence-electron chi connectivity index (χ2n) is 6.22. The van der Waals surface area contributed by atoms with Crippen molar-refractivity contribution in [2.75, 3.05) is 32.7 Å². The topological polar surface area (TPSA) is 69.8 Å². The van der Waals surface area contributed by atoms with Crippen molar-refractivity contribution >= 4 is 5.91 Å². The number of benzene rings is 1. The molecule has 5 nitrogen and oxygen atoms in total. The summed E-state index contributed by atoms with van der Waals surface area (Å²) in [4.78, 5) is 15.6. The number of carbonyl (C=O) groups excluding carboxylic acids is 1. The first-order valence-corrected chi connectivity index (χ1v) is 7.59. The second-order valence-corrected chi connectivity index (χ2v) is 6.22. The van der Waals surface area contributed by atoms with Crippen LogP contribution in [0.5, 0.6) is 0 Å². The van der Waals surface area contributed by atoms with Gasteiger partial charge in [-0.05, 0) is 24.0 Å². The fraction of sp³-hybridized carbons (Fsp3) is 0.562. The molecule has 0 spiro atoms. The zero-order chi connectivity index (χ0) is 14.9. The Balaban J connectivity index is 1.62. The molecule has 1 amide bonds. The van der Waals surface area contributed by atoms with Crippen molar-refractivity contribution in [2.24, 2.45) is 5.73 Å². The van der Waals surface area contributed by atoms with E-state index < -0.39 is 5.60 Å². The van der Waals surface area contributed by atoms with Crippen LogP contribution >= 0.6 is 0 Å². The van der Waals surface area contributed by atoms with Crippen LogP contribution in [0, 0.1) is 0 Å². The van der Waals surface area contributed by atoms with Gasteiger partial charge in [0.05, 0.1) is 18.7 Å². The molecule has 1 atom stereocenters. The van der Waals surface area contributed by atoms with Crippen molar-refractivity contribution in [1.29, 1.82) is 0 Å². The minimum atomic E-state index is -0.795. The number of rotatable bonds is 3. The van der Waals surface area contributed by atoms with Gasteiger partial charge in [0, 0.05) is 26.2 Å². The number of likely N-dealkylation sites (tertiary alicyclic amines) is 1. The normalized spacial score (nSPS) is 25.9. The highest BCUT2D eigenvalue weighted by atomic mass is 16.3. The lowest BCUT2D eigenvalue weighted by Gasteiger charge is -2.34. The van der Waals surface area contributed by atoms with Crippen LogP contribution < -0.4 is 5.73 Å². The van der Waals surface area contributed by atoms with Gasteiger partial charge in [-0.1, -0.05) is 24.3 Å². The van der Waals surface area contributed by atoms with Gasteiger partial charge in [-0.15, -0.1) is 0 Å². The summed E-state index contributed by atoms with van der Waals surface area (Å²) in [5.41, 5.74) is 7.36. The third-order valence-corrected chi connectivity index (χ3v) is 4.59. The summed E-state index contributed by atoms with van der Waals surface area (Å²) in [5, 5.41) is 10.7. The number of amides is 1. The molecule has 2 aliphatic heterocycles. The maximum atomic E-state index is 11.6. The number of β-amino-alcohol motifs (C(OH)–C–C–N with tert-alkyl or cyclic N) is 1. The van der Waals surface area contributed by atoms with E-state index in [1.807, 2.05) is 0 Å². The number of aliphatic hydroxyl groups is 1. The van der Waals surface area contributed by atoms with Crippen LogP contribution in [-0.4, -0.2) is 59.1 Å². The van der Waals surface area contributed by atoms with Gasteiger partial charge in [0.2, 0.25) is 5.91 Å². The van der Waals surface area contributed by atoms with Gasteiger partial charge in [-0.25, -0.2) is 0 Å². The lowest BCUT2D eigenvalue weighted by molar-refractivity contribution is -0.129. The minimum absolute atomic E-state index is 0.0210. The average Bonchev–Trinajstić information content (AvgIpc) is 2.88. The molecule has 3 N–H and O–H groups in total. The van der Waals surface area contributed by atoms with Crippen molar-refractivity contribution < 1.29 is 9.90 Å². The lowest BCUT2D eigenvalue weighted by atomic mass is 9.97.